The third-order valence-electron chi connectivity index (χ3n) is 7.80. The highest BCUT2D eigenvalue weighted by molar-refractivity contribution is 6.02. The van der Waals surface area contributed by atoms with E-state index in [-0.39, 0.29) is 5.41 Å². The van der Waals surface area contributed by atoms with Gasteiger partial charge in [-0.3, -0.25) is 0 Å². The maximum absolute atomic E-state index is 3.73. The molecule has 158 valence electrons. The molecule has 1 N–H and O–H groups in total. The highest BCUT2D eigenvalue weighted by Crippen LogP contribution is 2.61. The van der Waals surface area contributed by atoms with Crippen molar-refractivity contribution in [1.82, 2.24) is 0 Å². The zero-order valence-electron chi connectivity index (χ0n) is 18.5. The molecule has 1 heterocycles. The van der Waals surface area contributed by atoms with Crippen LogP contribution >= 0.6 is 0 Å². The molecule has 6 aromatic carbocycles. The Labute approximate surface area is 198 Å². The van der Waals surface area contributed by atoms with E-state index in [9.17, 15) is 0 Å². The monoisotopic (exact) mass is 431 g/mol. The minimum Gasteiger partial charge on any atom is -0.355 e. The zero-order chi connectivity index (χ0) is 22.3. The summed E-state index contributed by atoms with van der Waals surface area (Å²) in [5, 5.41) is 8.87. The molecule has 1 heteroatoms. The summed E-state index contributed by atoms with van der Waals surface area (Å²) in [6.07, 6.45) is 0. The summed E-state index contributed by atoms with van der Waals surface area (Å²) in [5.41, 5.74) is 10.1. The molecule has 0 saturated heterocycles. The van der Waals surface area contributed by atoms with Crippen molar-refractivity contribution in [3.8, 4) is 11.1 Å². The minimum atomic E-state index is -0.364. The van der Waals surface area contributed by atoms with Gasteiger partial charge in [0.2, 0.25) is 0 Å². The molecule has 8 rings (SSSR count). The lowest BCUT2D eigenvalue weighted by atomic mass is 9.65. The van der Waals surface area contributed by atoms with Crippen molar-refractivity contribution in [3.05, 3.63) is 144 Å². The van der Waals surface area contributed by atoms with Gasteiger partial charge >= 0.3 is 0 Å². The van der Waals surface area contributed by atoms with Crippen molar-refractivity contribution in [2.24, 2.45) is 0 Å². The lowest BCUT2D eigenvalue weighted by Crippen LogP contribution is -2.33. The number of para-hydroxylation sites is 2. The first-order valence-corrected chi connectivity index (χ1v) is 11.9. The Morgan fingerprint density at radius 3 is 1.24 bits per heavy atom. The third-order valence-corrected chi connectivity index (χ3v) is 7.80. The summed E-state index contributed by atoms with van der Waals surface area (Å²) in [5.74, 6) is 0. The number of hydrogen-bond donors (Lipinski definition) is 1. The Hall–Kier alpha value is -4.36. The maximum atomic E-state index is 3.73. The van der Waals surface area contributed by atoms with Crippen LogP contribution in [0.3, 0.4) is 0 Å². The van der Waals surface area contributed by atoms with Gasteiger partial charge in [0.15, 0.2) is 0 Å². The molecule has 1 spiro atoms. The normalized spacial score (nSPS) is 14.4. The van der Waals surface area contributed by atoms with E-state index in [1.54, 1.807) is 0 Å². The molecule has 0 fully saturated rings. The molecule has 0 saturated carbocycles. The van der Waals surface area contributed by atoms with Gasteiger partial charge < -0.3 is 5.32 Å². The summed E-state index contributed by atoms with van der Waals surface area (Å²) in [4.78, 5) is 0. The van der Waals surface area contributed by atoms with Gasteiger partial charge in [-0.25, -0.2) is 0 Å². The SMILES string of the molecule is c1ccc2c(c1)Nc1ccccc1C21c2cc3ccccc3cc2-c2cc3ccccc3cc21. The predicted octanol–water partition coefficient (Wildman–Crippen LogP) is 8.41. The van der Waals surface area contributed by atoms with Crippen molar-refractivity contribution in [1.29, 1.82) is 0 Å². The number of benzene rings is 6. The van der Waals surface area contributed by atoms with Crippen LogP contribution in [-0.2, 0) is 5.41 Å². The number of anilines is 2. The second-order valence-electron chi connectivity index (χ2n) is 9.46. The van der Waals surface area contributed by atoms with Crippen LogP contribution < -0.4 is 5.32 Å². The van der Waals surface area contributed by atoms with Crippen LogP contribution in [0.5, 0.6) is 0 Å². The topological polar surface area (TPSA) is 12.0 Å². The molecule has 1 nitrogen and oxygen atoms in total. The lowest BCUT2D eigenvalue weighted by molar-refractivity contribution is 0.765. The number of nitrogens with one attached hydrogen (secondary N) is 1. The van der Waals surface area contributed by atoms with Gasteiger partial charge in [-0.2, -0.15) is 0 Å². The third kappa shape index (κ3) is 2.14. The first-order valence-electron chi connectivity index (χ1n) is 11.9. The minimum absolute atomic E-state index is 0.364. The highest BCUT2D eigenvalue weighted by atomic mass is 14.9. The second kappa shape index (κ2) is 6.36. The largest absolute Gasteiger partial charge is 0.355 e. The van der Waals surface area contributed by atoms with Crippen molar-refractivity contribution < 1.29 is 0 Å². The van der Waals surface area contributed by atoms with E-state index in [0.29, 0.717) is 0 Å². The molecule has 1 aliphatic heterocycles. The van der Waals surface area contributed by atoms with Crippen LogP contribution in [0.25, 0.3) is 32.7 Å². The van der Waals surface area contributed by atoms with E-state index in [1.807, 2.05) is 0 Å². The summed E-state index contributed by atoms with van der Waals surface area (Å²) >= 11 is 0. The lowest BCUT2D eigenvalue weighted by Gasteiger charge is -2.40. The van der Waals surface area contributed by atoms with Gasteiger partial charge in [0, 0.05) is 11.4 Å². The van der Waals surface area contributed by atoms with E-state index in [2.05, 4.69) is 127 Å². The van der Waals surface area contributed by atoms with Gasteiger partial charge in [0.1, 0.15) is 0 Å². The molecular weight excluding hydrogens is 410 g/mol. The molecule has 0 radical (unpaired) electrons. The van der Waals surface area contributed by atoms with Crippen molar-refractivity contribution >= 4 is 32.9 Å². The molecule has 0 atom stereocenters. The fourth-order valence-corrected chi connectivity index (χ4v) is 6.40. The van der Waals surface area contributed by atoms with Crippen LogP contribution in [0.2, 0.25) is 0 Å². The first kappa shape index (κ1) is 18.1. The Balaban J connectivity index is 1.63. The van der Waals surface area contributed by atoms with Crippen molar-refractivity contribution in [2.45, 2.75) is 5.41 Å². The van der Waals surface area contributed by atoms with E-state index < -0.39 is 0 Å². The predicted molar refractivity (Wildman–Crippen MR) is 142 cm³/mol. The van der Waals surface area contributed by atoms with Gasteiger partial charge in [0.25, 0.3) is 0 Å². The Morgan fingerprint density at radius 1 is 0.382 bits per heavy atom. The average molecular weight is 432 g/mol. The molecule has 0 unspecified atom stereocenters. The molecule has 0 bridgehead atoms. The highest BCUT2D eigenvalue weighted by Gasteiger charge is 2.50. The molecule has 0 aromatic heterocycles. The Kier molecular flexibility index (Phi) is 3.39. The Morgan fingerprint density at radius 2 is 0.765 bits per heavy atom. The van der Waals surface area contributed by atoms with Crippen molar-refractivity contribution in [3.63, 3.8) is 0 Å². The summed E-state index contributed by atoms with van der Waals surface area (Å²) in [6, 6.07) is 44.8. The van der Waals surface area contributed by atoms with Gasteiger partial charge in [-0.05, 0) is 91.3 Å². The molecule has 2 aliphatic rings. The van der Waals surface area contributed by atoms with Crippen LogP contribution in [0.1, 0.15) is 22.3 Å². The molecule has 34 heavy (non-hydrogen) atoms. The molecule has 6 aromatic rings. The molecule has 0 amide bonds. The fourth-order valence-electron chi connectivity index (χ4n) is 6.40. The summed E-state index contributed by atoms with van der Waals surface area (Å²) < 4.78 is 0. The Bertz CT molecular complexity index is 1660. The van der Waals surface area contributed by atoms with E-state index in [1.165, 1.54) is 66.3 Å². The molecular formula is C33H21N. The fraction of sp³-hybridized carbons (Fsp3) is 0.0303. The zero-order valence-corrected chi connectivity index (χ0v) is 18.5. The smallest absolute Gasteiger partial charge is 0.0754 e. The van der Waals surface area contributed by atoms with Crippen LogP contribution in [0, 0.1) is 0 Å². The van der Waals surface area contributed by atoms with Gasteiger partial charge in [0.05, 0.1) is 5.41 Å². The number of hydrogen-bond acceptors (Lipinski definition) is 1. The van der Waals surface area contributed by atoms with E-state index in [0.717, 1.165) is 0 Å². The van der Waals surface area contributed by atoms with Gasteiger partial charge in [-0.1, -0.05) is 84.9 Å². The average Bonchev–Trinajstić information content (AvgIpc) is 3.15. The number of fused-ring (bicyclic) bond motifs is 11. The quantitative estimate of drug-likeness (QED) is 0.254. The molecule has 1 aliphatic carbocycles. The van der Waals surface area contributed by atoms with E-state index >= 15 is 0 Å². The van der Waals surface area contributed by atoms with E-state index in [4.69, 9.17) is 0 Å². The second-order valence-corrected chi connectivity index (χ2v) is 9.46. The van der Waals surface area contributed by atoms with Crippen LogP contribution in [0.15, 0.2) is 121 Å². The first-order chi connectivity index (χ1) is 16.8. The summed E-state index contributed by atoms with van der Waals surface area (Å²) in [7, 11) is 0. The van der Waals surface area contributed by atoms with Crippen LogP contribution in [0.4, 0.5) is 11.4 Å². The van der Waals surface area contributed by atoms with Crippen LogP contribution in [-0.4, -0.2) is 0 Å². The van der Waals surface area contributed by atoms with Crippen molar-refractivity contribution in [2.75, 3.05) is 5.32 Å². The maximum Gasteiger partial charge on any atom is 0.0754 e. The standard InChI is InChI=1S/C33H21N/c1-3-11-23-19-29-25(17-21(23)9-1)26-18-22-10-2-4-12-24(22)20-30(26)33(29)27-13-5-7-15-31(27)34-32-16-8-6-14-28(32)33/h1-20,34H. The number of rotatable bonds is 0. The summed E-state index contributed by atoms with van der Waals surface area (Å²) in [6.45, 7) is 0. The van der Waals surface area contributed by atoms with Gasteiger partial charge in [-0.15, -0.1) is 0 Å².